The van der Waals surface area contributed by atoms with E-state index in [4.69, 9.17) is 9.47 Å². The number of hydrogen-bond acceptors (Lipinski definition) is 2. The van der Waals surface area contributed by atoms with Crippen LogP contribution < -0.4 is 19.9 Å². The summed E-state index contributed by atoms with van der Waals surface area (Å²) in [5.41, 5.74) is 6.48. The van der Waals surface area contributed by atoms with E-state index in [1.54, 1.807) is 0 Å². The van der Waals surface area contributed by atoms with E-state index in [9.17, 15) is 0 Å². The van der Waals surface area contributed by atoms with Crippen molar-refractivity contribution in [3.05, 3.63) is 168 Å². The summed E-state index contributed by atoms with van der Waals surface area (Å²) in [5, 5.41) is 9.94. The molecule has 2 nitrogen and oxygen atoms in total. The zero-order valence-electron chi connectivity index (χ0n) is 25.0. The van der Waals surface area contributed by atoms with Gasteiger partial charge in [0.15, 0.2) is 23.0 Å². The van der Waals surface area contributed by atoms with Gasteiger partial charge in [-0.15, -0.1) is 0 Å². The van der Waals surface area contributed by atoms with Gasteiger partial charge in [-0.3, -0.25) is 0 Å². The molecule has 46 heavy (non-hydrogen) atoms. The lowest BCUT2D eigenvalue weighted by atomic mass is 9.77. The highest BCUT2D eigenvalue weighted by atomic mass is 16.6. The monoisotopic (exact) mass is 588 g/mol. The van der Waals surface area contributed by atoms with E-state index in [1.165, 1.54) is 54.3 Å². The summed E-state index contributed by atoms with van der Waals surface area (Å²) >= 11 is 0. The fourth-order valence-electron chi connectivity index (χ4n) is 7.80. The van der Waals surface area contributed by atoms with Crippen LogP contribution in [-0.4, -0.2) is 0 Å². The van der Waals surface area contributed by atoms with Gasteiger partial charge in [-0.25, -0.2) is 0 Å². The molecule has 7 aromatic rings. The van der Waals surface area contributed by atoms with E-state index >= 15 is 0 Å². The quantitative estimate of drug-likeness (QED) is 0.187. The molecule has 0 amide bonds. The SMILES string of the molecule is C1=CC2=c3ccccc3=C(c3c4ccccc4c(-c4ccc5c(c4)Oc4cc6ccccc6cc4O5)c4ccccc34)CC2C=C1. The highest BCUT2D eigenvalue weighted by Gasteiger charge is 2.26. The first-order valence-electron chi connectivity index (χ1n) is 15.9. The van der Waals surface area contributed by atoms with Gasteiger partial charge in [-0.05, 0) is 101 Å². The molecule has 0 saturated carbocycles. The number of rotatable bonds is 2. The van der Waals surface area contributed by atoms with Crippen LogP contribution in [0.2, 0.25) is 0 Å². The summed E-state index contributed by atoms with van der Waals surface area (Å²) in [4.78, 5) is 0. The van der Waals surface area contributed by atoms with Gasteiger partial charge in [0.2, 0.25) is 0 Å². The molecule has 216 valence electrons. The number of ether oxygens (including phenoxy) is 2. The Morgan fingerprint density at radius 1 is 0.478 bits per heavy atom. The first-order chi connectivity index (χ1) is 22.8. The summed E-state index contributed by atoms with van der Waals surface area (Å²) < 4.78 is 12.9. The molecular formula is C44H28O2. The Kier molecular flexibility index (Phi) is 5.44. The second kappa shape index (κ2) is 9.82. The highest BCUT2D eigenvalue weighted by molar-refractivity contribution is 6.19. The second-order valence-electron chi connectivity index (χ2n) is 12.4. The lowest BCUT2D eigenvalue weighted by molar-refractivity contribution is 0.360. The fourth-order valence-corrected chi connectivity index (χ4v) is 7.80. The van der Waals surface area contributed by atoms with Crippen LogP contribution in [0.5, 0.6) is 23.0 Å². The molecular weight excluding hydrogens is 560 g/mol. The van der Waals surface area contributed by atoms with Crippen molar-refractivity contribution >= 4 is 43.5 Å². The molecule has 0 radical (unpaired) electrons. The molecule has 3 aliphatic rings. The zero-order valence-corrected chi connectivity index (χ0v) is 25.0. The predicted molar refractivity (Wildman–Crippen MR) is 189 cm³/mol. The van der Waals surface area contributed by atoms with Gasteiger partial charge >= 0.3 is 0 Å². The van der Waals surface area contributed by atoms with Gasteiger partial charge in [0, 0.05) is 5.92 Å². The molecule has 2 aliphatic carbocycles. The maximum absolute atomic E-state index is 6.54. The molecule has 1 unspecified atom stereocenters. The molecule has 0 N–H and O–H groups in total. The Balaban J connectivity index is 1.21. The van der Waals surface area contributed by atoms with Gasteiger partial charge < -0.3 is 9.47 Å². The minimum absolute atomic E-state index is 0.366. The minimum Gasteiger partial charge on any atom is -0.449 e. The maximum atomic E-state index is 6.54. The average Bonchev–Trinajstić information content (AvgIpc) is 3.11. The molecule has 0 spiro atoms. The highest BCUT2D eigenvalue weighted by Crippen LogP contribution is 2.50. The third kappa shape index (κ3) is 3.77. The third-order valence-electron chi connectivity index (χ3n) is 9.83. The van der Waals surface area contributed by atoms with Gasteiger partial charge in [-0.1, -0.05) is 127 Å². The van der Waals surface area contributed by atoms with E-state index < -0.39 is 0 Å². The Morgan fingerprint density at radius 2 is 1.04 bits per heavy atom. The van der Waals surface area contributed by atoms with Crippen LogP contribution in [0.4, 0.5) is 0 Å². The third-order valence-corrected chi connectivity index (χ3v) is 9.83. The number of benzene rings is 7. The van der Waals surface area contributed by atoms with E-state index in [0.717, 1.165) is 45.8 Å². The first kappa shape index (κ1) is 25.5. The van der Waals surface area contributed by atoms with E-state index in [-0.39, 0.29) is 0 Å². The molecule has 2 heteroatoms. The van der Waals surface area contributed by atoms with Crippen molar-refractivity contribution in [1.82, 2.24) is 0 Å². The Hall–Kier alpha value is -5.86. The summed E-state index contributed by atoms with van der Waals surface area (Å²) in [6.07, 6.45) is 9.99. The van der Waals surface area contributed by atoms with Crippen LogP contribution >= 0.6 is 0 Å². The normalized spacial score (nSPS) is 16.0. The number of hydrogen-bond donors (Lipinski definition) is 0. The molecule has 10 rings (SSSR count). The maximum Gasteiger partial charge on any atom is 0.170 e. The molecule has 0 saturated heterocycles. The first-order valence-corrected chi connectivity index (χ1v) is 15.9. The molecule has 7 aromatic carbocycles. The Labute approximate surface area is 266 Å². The van der Waals surface area contributed by atoms with Crippen molar-refractivity contribution < 1.29 is 9.47 Å². The minimum atomic E-state index is 0.366. The largest absolute Gasteiger partial charge is 0.449 e. The second-order valence-corrected chi connectivity index (χ2v) is 12.4. The number of allylic oxidation sites excluding steroid dienone is 4. The number of fused-ring (bicyclic) bond motifs is 7. The zero-order chi connectivity index (χ0) is 30.2. The molecule has 0 bridgehead atoms. The summed E-state index contributed by atoms with van der Waals surface area (Å²) in [7, 11) is 0. The topological polar surface area (TPSA) is 18.5 Å². The van der Waals surface area contributed by atoms with Crippen molar-refractivity contribution in [2.24, 2.45) is 5.92 Å². The van der Waals surface area contributed by atoms with E-state index in [0.29, 0.717) is 5.92 Å². The van der Waals surface area contributed by atoms with Crippen LogP contribution in [-0.2, 0) is 0 Å². The van der Waals surface area contributed by atoms with Gasteiger partial charge in [0.25, 0.3) is 0 Å². The van der Waals surface area contributed by atoms with E-state index in [2.05, 4.69) is 140 Å². The van der Waals surface area contributed by atoms with Crippen molar-refractivity contribution in [3.8, 4) is 34.1 Å². The summed E-state index contributed by atoms with van der Waals surface area (Å²) in [5.74, 6) is 3.31. The standard InChI is InChI=1S/C44H28O2/c1-2-12-28-25-42-41(24-27(28)11-1)45-39-22-21-30(26-40(39)46-42)43-34-17-7-9-19-36(34)44(37-20-10-8-18-35(37)43)38-23-29-13-3-4-14-31(29)32-15-5-6-16-33(32)38/h1-22,24-26,29H,23H2. The summed E-state index contributed by atoms with van der Waals surface area (Å²) in [6, 6.07) is 45.5. The average molecular weight is 589 g/mol. The summed E-state index contributed by atoms with van der Waals surface area (Å²) in [6.45, 7) is 0. The van der Waals surface area contributed by atoms with E-state index in [1.807, 2.05) is 12.1 Å². The Morgan fingerprint density at radius 3 is 1.74 bits per heavy atom. The molecule has 0 aromatic heterocycles. The molecule has 1 heterocycles. The van der Waals surface area contributed by atoms with Crippen LogP contribution in [0.15, 0.2) is 152 Å². The van der Waals surface area contributed by atoms with Crippen LogP contribution in [0.1, 0.15) is 12.0 Å². The smallest absolute Gasteiger partial charge is 0.170 e. The van der Waals surface area contributed by atoms with Crippen molar-refractivity contribution in [2.75, 3.05) is 0 Å². The van der Waals surface area contributed by atoms with Crippen LogP contribution in [0.3, 0.4) is 0 Å². The van der Waals surface area contributed by atoms with Crippen molar-refractivity contribution in [2.45, 2.75) is 6.42 Å². The van der Waals surface area contributed by atoms with Crippen molar-refractivity contribution in [3.63, 3.8) is 0 Å². The predicted octanol–water partition coefficient (Wildman–Crippen LogP) is 10.2. The fraction of sp³-hybridized carbons (Fsp3) is 0.0455. The van der Waals surface area contributed by atoms with Crippen LogP contribution in [0.25, 0.3) is 54.6 Å². The lowest BCUT2D eigenvalue weighted by Gasteiger charge is -2.27. The van der Waals surface area contributed by atoms with Gasteiger partial charge in [-0.2, -0.15) is 0 Å². The van der Waals surface area contributed by atoms with Crippen molar-refractivity contribution in [1.29, 1.82) is 0 Å². The lowest BCUT2D eigenvalue weighted by Crippen LogP contribution is -2.35. The van der Waals surface area contributed by atoms with Gasteiger partial charge in [0.05, 0.1) is 0 Å². The van der Waals surface area contributed by atoms with Crippen LogP contribution in [0, 0.1) is 5.92 Å². The molecule has 1 atom stereocenters. The molecule has 0 fully saturated rings. The van der Waals surface area contributed by atoms with Gasteiger partial charge in [0.1, 0.15) is 0 Å². The molecule has 1 aliphatic heterocycles. The Bertz CT molecular complexity index is 2560.